The maximum Gasteiger partial charge on any atom is 0.148 e. The zero-order valence-corrected chi connectivity index (χ0v) is 14.5. The molecular formula is C14H18BrN5S. The van der Waals surface area contributed by atoms with E-state index in [1.54, 1.807) is 11.3 Å². The predicted octanol–water partition coefficient (Wildman–Crippen LogP) is 3.41. The highest BCUT2D eigenvalue weighted by molar-refractivity contribution is 9.10. The Kier molecular flexibility index (Phi) is 4.14. The molecule has 1 aliphatic carbocycles. The monoisotopic (exact) mass is 367 g/mol. The van der Waals surface area contributed by atoms with E-state index in [1.165, 1.54) is 17.7 Å². The van der Waals surface area contributed by atoms with E-state index in [9.17, 15) is 0 Å². The third kappa shape index (κ3) is 3.20. The van der Waals surface area contributed by atoms with Gasteiger partial charge in [0.2, 0.25) is 0 Å². The number of hydrogen-bond donors (Lipinski definition) is 2. The molecule has 1 aliphatic rings. The third-order valence-corrected chi connectivity index (χ3v) is 5.28. The number of aromatic nitrogens is 2. The molecule has 3 rings (SSSR count). The molecule has 0 radical (unpaired) electrons. The lowest BCUT2D eigenvalue weighted by molar-refractivity contribution is 0.851. The predicted molar refractivity (Wildman–Crippen MR) is 90.7 cm³/mol. The first-order chi connectivity index (χ1) is 10.1. The van der Waals surface area contributed by atoms with Crippen LogP contribution in [0.3, 0.4) is 0 Å². The Morgan fingerprint density at radius 2 is 2.24 bits per heavy atom. The molecule has 0 atom stereocenters. The number of hydrogen-bond acceptors (Lipinski definition) is 6. The van der Waals surface area contributed by atoms with Crippen LogP contribution in [0.25, 0.3) is 0 Å². The molecule has 0 unspecified atom stereocenters. The van der Waals surface area contributed by atoms with Crippen LogP contribution in [0.5, 0.6) is 0 Å². The minimum atomic E-state index is 0.501. The highest BCUT2D eigenvalue weighted by atomic mass is 79.9. The SMILES string of the molecule is Cc1c(NN)nc(C2CC2)nc1N(C)Cc1cc(Br)cs1. The molecule has 2 aromatic rings. The average Bonchev–Trinajstić information content (AvgIpc) is 3.23. The minimum absolute atomic E-state index is 0.501. The van der Waals surface area contributed by atoms with Crippen molar-refractivity contribution in [1.82, 2.24) is 9.97 Å². The van der Waals surface area contributed by atoms with Crippen LogP contribution in [-0.4, -0.2) is 17.0 Å². The summed E-state index contributed by atoms with van der Waals surface area (Å²) in [6.45, 7) is 2.82. The molecule has 0 aliphatic heterocycles. The fraction of sp³-hybridized carbons (Fsp3) is 0.429. The van der Waals surface area contributed by atoms with Crippen LogP contribution >= 0.6 is 27.3 Å². The van der Waals surface area contributed by atoms with E-state index in [-0.39, 0.29) is 0 Å². The molecule has 2 heterocycles. The zero-order chi connectivity index (χ0) is 15.0. The number of nitrogens with two attached hydrogens (primary N) is 1. The van der Waals surface area contributed by atoms with Crippen LogP contribution in [-0.2, 0) is 6.54 Å². The van der Waals surface area contributed by atoms with Crippen molar-refractivity contribution in [1.29, 1.82) is 0 Å². The quantitative estimate of drug-likeness (QED) is 0.625. The van der Waals surface area contributed by atoms with Crippen LogP contribution in [0.4, 0.5) is 11.6 Å². The standard InChI is InChI=1S/C14H18BrN5S/c1-8-12(19-16)17-13(9-3-4-9)18-14(8)20(2)6-11-5-10(15)7-21-11/h5,7,9H,3-4,6,16H2,1-2H3,(H,17,18,19). The largest absolute Gasteiger partial charge is 0.354 e. The summed E-state index contributed by atoms with van der Waals surface area (Å²) >= 11 is 5.23. The first kappa shape index (κ1) is 14.7. The van der Waals surface area contributed by atoms with Gasteiger partial charge in [-0.25, -0.2) is 15.8 Å². The van der Waals surface area contributed by atoms with Crippen LogP contribution < -0.4 is 16.2 Å². The van der Waals surface area contributed by atoms with E-state index in [2.05, 4.69) is 49.7 Å². The molecule has 0 spiro atoms. The number of nitrogen functional groups attached to an aromatic ring is 1. The van der Waals surface area contributed by atoms with E-state index in [0.717, 1.165) is 34.0 Å². The molecule has 0 bridgehead atoms. The lowest BCUT2D eigenvalue weighted by atomic mass is 10.2. The molecule has 0 amide bonds. The van der Waals surface area contributed by atoms with Crippen molar-refractivity contribution in [2.45, 2.75) is 32.2 Å². The number of anilines is 2. The van der Waals surface area contributed by atoms with E-state index >= 15 is 0 Å². The van der Waals surface area contributed by atoms with E-state index in [1.807, 2.05) is 6.92 Å². The lowest BCUT2D eigenvalue weighted by Crippen LogP contribution is -2.21. The summed E-state index contributed by atoms with van der Waals surface area (Å²) in [6, 6.07) is 2.14. The van der Waals surface area contributed by atoms with Gasteiger partial charge in [-0.2, -0.15) is 0 Å². The van der Waals surface area contributed by atoms with Crippen molar-refractivity contribution in [2.75, 3.05) is 17.4 Å². The number of nitrogens with zero attached hydrogens (tertiary/aromatic N) is 3. The Bertz CT molecular complexity index is 653. The van der Waals surface area contributed by atoms with Gasteiger partial charge in [-0.05, 0) is 41.8 Å². The van der Waals surface area contributed by atoms with E-state index in [0.29, 0.717) is 5.92 Å². The summed E-state index contributed by atoms with van der Waals surface area (Å²) in [5.41, 5.74) is 3.69. The molecule has 0 saturated heterocycles. The summed E-state index contributed by atoms with van der Waals surface area (Å²) in [5, 5.41) is 2.10. The second kappa shape index (κ2) is 5.90. The molecule has 7 heteroatoms. The second-order valence-corrected chi connectivity index (χ2v) is 7.30. The summed E-state index contributed by atoms with van der Waals surface area (Å²) in [5.74, 6) is 8.68. The van der Waals surface area contributed by atoms with Gasteiger partial charge in [0.1, 0.15) is 17.5 Å². The van der Waals surface area contributed by atoms with Crippen molar-refractivity contribution in [3.63, 3.8) is 0 Å². The number of thiophene rings is 1. The van der Waals surface area contributed by atoms with Gasteiger partial charge in [-0.3, -0.25) is 0 Å². The van der Waals surface area contributed by atoms with E-state index < -0.39 is 0 Å². The highest BCUT2D eigenvalue weighted by Crippen LogP contribution is 2.40. The highest BCUT2D eigenvalue weighted by Gasteiger charge is 2.28. The smallest absolute Gasteiger partial charge is 0.148 e. The average molecular weight is 368 g/mol. The second-order valence-electron chi connectivity index (χ2n) is 5.38. The molecule has 0 aromatic carbocycles. The van der Waals surface area contributed by atoms with Gasteiger partial charge >= 0.3 is 0 Å². The Balaban J connectivity index is 1.90. The van der Waals surface area contributed by atoms with Crippen molar-refractivity contribution in [2.24, 2.45) is 5.84 Å². The van der Waals surface area contributed by atoms with E-state index in [4.69, 9.17) is 10.8 Å². The van der Waals surface area contributed by atoms with Gasteiger partial charge < -0.3 is 10.3 Å². The summed E-state index contributed by atoms with van der Waals surface area (Å²) in [6.07, 6.45) is 2.35. The minimum Gasteiger partial charge on any atom is -0.354 e. The van der Waals surface area contributed by atoms with Gasteiger partial charge in [0.25, 0.3) is 0 Å². The van der Waals surface area contributed by atoms with Crippen LogP contribution in [0.1, 0.15) is 35.0 Å². The first-order valence-corrected chi connectivity index (χ1v) is 8.55. The normalized spacial score (nSPS) is 14.3. The molecular weight excluding hydrogens is 350 g/mol. The van der Waals surface area contributed by atoms with Crippen LogP contribution in [0.15, 0.2) is 15.9 Å². The van der Waals surface area contributed by atoms with Gasteiger partial charge in [0.05, 0.1) is 6.54 Å². The Hall–Kier alpha value is -1.18. The van der Waals surface area contributed by atoms with Crippen LogP contribution in [0.2, 0.25) is 0 Å². The molecule has 21 heavy (non-hydrogen) atoms. The number of halogens is 1. The molecule has 1 fully saturated rings. The van der Waals surface area contributed by atoms with Gasteiger partial charge in [0, 0.05) is 33.3 Å². The van der Waals surface area contributed by atoms with Crippen LogP contribution in [0, 0.1) is 6.92 Å². The molecule has 1 saturated carbocycles. The fourth-order valence-corrected chi connectivity index (χ4v) is 3.81. The lowest BCUT2D eigenvalue weighted by Gasteiger charge is -2.21. The fourth-order valence-electron chi connectivity index (χ4n) is 2.30. The Morgan fingerprint density at radius 3 is 2.81 bits per heavy atom. The molecule has 3 N–H and O–H groups in total. The van der Waals surface area contributed by atoms with Crippen molar-refractivity contribution in [3.8, 4) is 0 Å². The van der Waals surface area contributed by atoms with Crippen molar-refractivity contribution in [3.05, 3.63) is 32.2 Å². The maximum atomic E-state index is 5.60. The van der Waals surface area contributed by atoms with Gasteiger partial charge in [0.15, 0.2) is 0 Å². The number of nitrogens with one attached hydrogen (secondary N) is 1. The first-order valence-electron chi connectivity index (χ1n) is 6.87. The summed E-state index contributed by atoms with van der Waals surface area (Å²) < 4.78 is 1.12. The van der Waals surface area contributed by atoms with Crippen molar-refractivity contribution >= 4 is 38.9 Å². The zero-order valence-electron chi connectivity index (χ0n) is 12.1. The maximum absolute atomic E-state index is 5.60. The summed E-state index contributed by atoms with van der Waals surface area (Å²) in [7, 11) is 2.06. The Morgan fingerprint density at radius 1 is 1.48 bits per heavy atom. The molecule has 5 nitrogen and oxygen atoms in total. The Labute approximate surface area is 136 Å². The third-order valence-electron chi connectivity index (χ3n) is 3.59. The topological polar surface area (TPSA) is 67.1 Å². The van der Waals surface area contributed by atoms with Crippen molar-refractivity contribution < 1.29 is 0 Å². The molecule has 112 valence electrons. The number of hydrazine groups is 1. The van der Waals surface area contributed by atoms with Gasteiger partial charge in [-0.15, -0.1) is 11.3 Å². The van der Waals surface area contributed by atoms with Gasteiger partial charge in [-0.1, -0.05) is 0 Å². The number of rotatable bonds is 5. The molecule has 2 aromatic heterocycles. The summed E-state index contributed by atoms with van der Waals surface area (Å²) in [4.78, 5) is 12.7.